The number of H-pyrrole nitrogens is 1. The smallest absolute Gasteiger partial charge is 0.265 e. The standard InChI is InChI=1S/C31H31ClN6O2/c1-19(36-30-26-24(39)16-17-33-29(26)34-18-35-30)28-27(32)22-14-9-15-23(37(2)20-10-5-3-6-11-20)25(22)31(40)38(28)21-12-7-4-8-13-21/h4,7-9,12-20H,3,5-6,10-11H2,1-2H3,(H2,33,34,35,36,39)/t19-/m0/s1. The van der Waals surface area contributed by atoms with Crippen LogP contribution in [-0.4, -0.2) is 32.6 Å². The summed E-state index contributed by atoms with van der Waals surface area (Å²) in [5, 5.41) is 5.47. The molecule has 0 amide bonds. The summed E-state index contributed by atoms with van der Waals surface area (Å²) in [6.07, 6.45) is 8.82. The molecule has 0 radical (unpaired) electrons. The van der Waals surface area contributed by atoms with Gasteiger partial charge < -0.3 is 15.2 Å². The lowest BCUT2D eigenvalue weighted by atomic mass is 9.93. The van der Waals surface area contributed by atoms with Crippen molar-refractivity contribution in [3.63, 3.8) is 0 Å². The summed E-state index contributed by atoms with van der Waals surface area (Å²) in [4.78, 5) is 41.0. The Morgan fingerprint density at radius 3 is 2.55 bits per heavy atom. The number of pyridine rings is 2. The maximum atomic E-state index is 14.5. The van der Waals surface area contributed by atoms with Crippen LogP contribution < -0.4 is 21.2 Å². The van der Waals surface area contributed by atoms with E-state index in [9.17, 15) is 9.59 Å². The summed E-state index contributed by atoms with van der Waals surface area (Å²) in [7, 11) is 2.08. The number of nitrogens with zero attached hydrogens (tertiary/aromatic N) is 4. The fourth-order valence-corrected chi connectivity index (χ4v) is 6.38. The number of benzene rings is 2. The van der Waals surface area contributed by atoms with Gasteiger partial charge in [0, 0.05) is 36.4 Å². The van der Waals surface area contributed by atoms with Crippen LogP contribution in [0.1, 0.15) is 50.8 Å². The van der Waals surface area contributed by atoms with E-state index in [4.69, 9.17) is 11.6 Å². The van der Waals surface area contributed by atoms with Gasteiger partial charge >= 0.3 is 0 Å². The molecule has 0 aliphatic heterocycles. The monoisotopic (exact) mass is 554 g/mol. The molecule has 2 aromatic carbocycles. The van der Waals surface area contributed by atoms with Gasteiger partial charge in [0.25, 0.3) is 5.56 Å². The number of rotatable bonds is 6. The van der Waals surface area contributed by atoms with Gasteiger partial charge in [-0.05, 0) is 38.0 Å². The zero-order valence-electron chi connectivity index (χ0n) is 22.5. The van der Waals surface area contributed by atoms with Crippen molar-refractivity contribution in [3.05, 3.63) is 98.4 Å². The Morgan fingerprint density at radius 1 is 1.00 bits per heavy atom. The van der Waals surface area contributed by atoms with Gasteiger partial charge in [-0.15, -0.1) is 0 Å². The number of hydrogen-bond donors (Lipinski definition) is 2. The molecule has 1 fully saturated rings. The molecule has 204 valence electrons. The third kappa shape index (κ3) is 4.52. The van der Waals surface area contributed by atoms with Gasteiger partial charge in [0.15, 0.2) is 5.43 Å². The molecule has 6 rings (SSSR count). The molecule has 0 unspecified atom stereocenters. The first kappa shape index (κ1) is 26.1. The Balaban J connectivity index is 1.56. The summed E-state index contributed by atoms with van der Waals surface area (Å²) < 4.78 is 1.69. The lowest BCUT2D eigenvalue weighted by Gasteiger charge is -2.34. The van der Waals surface area contributed by atoms with E-state index >= 15 is 0 Å². The molecule has 3 aromatic heterocycles. The Labute approximate surface area is 236 Å². The van der Waals surface area contributed by atoms with Crippen LogP contribution in [0.4, 0.5) is 11.5 Å². The highest BCUT2D eigenvalue weighted by Gasteiger charge is 2.26. The quantitative estimate of drug-likeness (QED) is 0.259. The molecule has 3 heterocycles. The summed E-state index contributed by atoms with van der Waals surface area (Å²) in [6.45, 7) is 1.91. The van der Waals surface area contributed by atoms with Crippen LogP contribution in [0.25, 0.3) is 27.5 Å². The Kier molecular flexibility index (Phi) is 7.02. The first-order valence-corrected chi connectivity index (χ1v) is 14.1. The average Bonchev–Trinajstić information content (AvgIpc) is 2.99. The molecule has 0 spiro atoms. The van der Waals surface area contributed by atoms with Crippen molar-refractivity contribution < 1.29 is 0 Å². The second kappa shape index (κ2) is 10.8. The van der Waals surface area contributed by atoms with Gasteiger partial charge in [0.05, 0.1) is 27.8 Å². The number of hydrogen-bond acceptors (Lipinski definition) is 6. The average molecular weight is 555 g/mol. The Bertz CT molecular complexity index is 1810. The Hall–Kier alpha value is -4.17. The van der Waals surface area contributed by atoms with Crippen LogP contribution >= 0.6 is 11.6 Å². The summed E-state index contributed by atoms with van der Waals surface area (Å²) in [6, 6.07) is 16.8. The number of aromatic nitrogens is 4. The minimum atomic E-state index is -0.484. The van der Waals surface area contributed by atoms with Crippen LogP contribution in [-0.2, 0) is 0 Å². The fraction of sp³-hybridized carbons (Fsp3) is 0.290. The van der Waals surface area contributed by atoms with Crippen molar-refractivity contribution in [2.75, 3.05) is 17.3 Å². The highest BCUT2D eigenvalue weighted by atomic mass is 35.5. The van der Waals surface area contributed by atoms with Crippen molar-refractivity contribution >= 4 is 44.9 Å². The molecule has 1 aliphatic carbocycles. The number of halogens is 1. The lowest BCUT2D eigenvalue weighted by molar-refractivity contribution is 0.428. The van der Waals surface area contributed by atoms with Crippen LogP contribution in [0, 0.1) is 0 Å². The Morgan fingerprint density at radius 2 is 1.77 bits per heavy atom. The van der Waals surface area contributed by atoms with Crippen molar-refractivity contribution in [2.24, 2.45) is 0 Å². The molecule has 0 bridgehead atoms. The van der Waals surface area contributed by atoms with Crippen LogP contribution in [0.5, 0.6) is 0 Å². The van der Waals surface area contributed by atoms with Crippen molar-refractivity contribution in [1.29, 1.82) is 0 Å². The normalized spacial score (nSPS) is 14.9. The van der Waals surface area contributed by atoms with E-state index in [0.717, 1.165) is 18.5 Å². The van der Waals surface area contributed by atoms with Gasteiger partial charge in [0.2, 0.25) is 0 Å². The first-order chi connectivity index (χ1) is 19.5. The molecule has 0 saturated heterocycles. The third-order valence-corrected chi connectivity index (χ3v) is 8.39. The molecular formula is C31H31ClN6O2. The number of fused-ring (bicyclic) bond motifs is 2. The summed E-state index contributed by atoms with van der Waals surface area (Å²) >= 11 is 7.22. The zero-order valence-corrected chi connectivity index (χ0v) is 23.3. The lowest BCUT2D eigenvalue weighted by Crippen LogP contribution is -2.35. The largest absolute Gasteiger partial charge is 0.371 e. The number of anilines is 2. The van der Waals surface area contributed by atoms with E-state index in [1.807, 2.05) is 55.5 Å². The predicted octanol–water partition coefficient (Wildman–Crippen LogP) is 6.22. The van der Waals surface area contributed by atoms with Gasteiger partial charge in [-0.3, -0.25) is 14.2 Å². The van der Waals surface area contributed by atoms with Crippen LogP contribution in [0.3, 0.4) is 0 Å². The van der Waals surface area contributed by atoms with E-state index in [2.05, 4.69) is 32.2 Å². The van der Waals surface area contributed by atoms with Crippen molar-refractivity contribution in [2.45, 2.75) is 51.1 Å². The van der Waals surface area contributed by atoms with Crippen LogP contribution in [0.15, 0.2) is 76.7 Å². The van der Waals surface area contributed by atoms with Crippen molar-refractivity contribution in [1.82, 2.24) is 19.5 Å². The van der Waals surface area contributed by atoms with Crippen LogP contribution in [0.2, 0.25) is 5.02 Å². The predicted molar refractivity (Wildman–Crippen MR) is 162 cm³/mol. The highest BCUT2D eigenvalue weighted by molar-refractivity contribution is 6.36. The molecule has 1 aliphatic rings. The molecule has 1 atom stereocenters. The van der Waals surface area contributed by atoms with E-state index < -0.39 is 6.04 Å². The fourth-order valence-electron chi connectivity index (χ4n) is 5.97. The van der Waals surface area contributed by atoms with E-state index in [1.165, 1.54) is 31.7 Å². The van der Waals surface area contributed by atoms with Gasteiger partial charge in [-0.1, -0.05) is 61.2 Å². The van der Waals surface area contributed by atoms with E-state index in [0.29, 0.717) is 50.1 Å². The molecule has 2 N–H and O–H groups in total. The van der Waals surface area contributed by atoms with Gasteiger partial charge in [-0.25, -0.2) is 9.97 Å². The summed E-state index contributed by atoms with van der Waals surface area (Å²) in [5.41, 5.74) is 2.27. The molecule has 1 saturated carbocycles. The SMILES string of the molecule is C[C@H](Nc1ncnc2[nH]ccc(=O)c12)c1c(Cl)c2cccc(N(C)C3CCCCC3)c2c(=O)n1-c1ccccc1. The second-order valence-corrected chi connectivity index (χ2v) is 10.8. The number of aromatic amines is 1. The molecule has 8 nitrogen and oxygen atoms in total. The number of para-hydroxylation sites is 1. The second-order valence-electron chi connectivity index (χ2n) is 10.4. The number of nitrogens with one attached hydrogen (secondary N) is 2. The van der Waals surface area contributed by atoms with E-state index in [-0.39, 0.29) is 11.0 Å². The topological polar surface area (TPSA) is 95.9 Å². The molecular weight excluding hydrogens is 524 g/mol. The minimum absolute atomic E-state index is 0.141. The minimum Gasteiger partial charge on any atom is -0.371 e. The zero-order chi connectivity index (χ0) is 27.8. The third-order valence-electron chi connectivity index (χ3n) is 7.99. The molecule has 9 heteroatoms. The van der Waals surface area contributed by atoms with Crippen molar-refractivity contribution in [3.8, 4) is 5.69 Å². The maximum Gasteiger partial charge on any atom is 0.265 e. The van der Waals surface area contributed by atoms with Gasteiger partial charge in [-0.2, -0.15) is 0 Å². The highest BCUT2D eigenvalue weighted by Crippen LogP contribution is 2.37. The molecule has 5 aromatic rings. The van der Waals surface area contributed by atoms with E-state index in [1.54, 1.807) is 10.8 Å². The first-order valence-electron chi connectivity index (χ1n) is 13.7. The van der Waals surface area contributed by atoms with Gasteiger partial charge in [0.1, 0.15) is 23.2 Å². The molecule has 40 heavy (non-hydrogen) atoms. The summed E-state index contributed by atoms with van der Waals surface area (Å²) in [5.74, 6) is 0.369. The maximum absolute atomic E-state index is 14.5.